The second kappa shape index (κ2) is 7.95. The summed E-state index contributed by atoms with van der Waals surface area (Å²) in [7, 11) is 1.94. The Morgan fingerprint density at radius 1 is 1.33 bits per heavy atom. The highest BCUT2D eigenvalue weighted by Crippen LogP contribution is 2.15. The SMILES string of the molecule is CNC1CCN(C(=O)Cc2ccc([N+](=O)[O-])cc2)CC1.Cl. The van der Waals surface area contributed by atoms with E-state index in [1.165, 1.54) is 12.1 Å². The number of nitro benzene ring substituents is 1. The number of amides is 1. The lowest BCUT2D eigenvalue weighted by Gasteiger charge is -2.31. The van der Waals surface area contributed by atoms with Crippen molar-refractivity contribution in [2.45, 2.75) is 25.3 Å². The zero-order valence-corrected chi connectivity index (χ0v) is 12.8. The van der Waals surface area contributed by atoms with E-state index in [1.807, 2.05) is 11.9 Å². The summed E-state index contributed by atoms with van der Waals surface area (Å²) in [4.78, 5) is 24.2. The van der Waals surface area contributed by atoms with Gasteiger partial charge in [-0.25, -0.2) is 0 Å². The molecule has 1 amide bonds. The molecule has 1 aliphatic heterocycles. The quantitative estimate of drug-likeness (QED) is 0.679. The molecule has 1 heterocycles. The largest absolute Gasteiger partial charge is 0.342 e. The van der Waals surface area contributed by atoms with E-state index in [0.29, 0.717) is 12.5 Å². The molecule has 1 saturated heterocycles. The van der Waals surface area contributed by atoms with Crippen LogP contribution >= 0.6 is 12.4 Å². The molecule has 21 heavy (non-hydrogen) atoms. The fourth-order valence-electron chi connectivity index (χ4n) is 2.44. The molecule has 0 atom stereocenters. The monoisotopic (exact) mass is 313 g/mol. The van der Waals surface area contributed by atoms with Crippen LogP contribution in [0.15, 0.2) is 24.3 Å². The number of carbonyl (C=O) groups is 1. The predicted octanol–water partition coefficient (Wildman–Crippen LogP) is 1.77. The Morgan fingerprint density at radius 3 is 2.38 bits per heavy atom. The van der Waals surface area contributed by atoms with Gasteiger partial charge in [0.15, 0.2) is 0 Å². The van der Waals surface area contributed by atoms with Crippen molar-refractivity contribution < 1.29 is 9.72 Å². The van der Waals surface area contributed by atoms with Crippen molar-refractivity contribution in [2.24, 2.45) is 0 Å². The lowest BCUT2D eigenvalue weighted by molar-refractivity contribution is -0.384. The Hall–Kier alpha value is -1.66. The molecule has 0 aromatic heterocycles. The van der Waals surface area contributed by atoms with Gasteiger partial charge in [0.05, 0.1) is 11.3 Å². The van der Waals surface area contributed by atoms with Crippen LogP contribution in [0, 0.1) is 10.1 Å². The molecule has 1 N–H and O–H groups in total. The fraction of sp³-hybridized carbons (Fsp3) is 0.500. The van der Waals surface area contributed by atoms with E-state index in [2.05, 4.69) is 5.32 Å². The standard InChI is InChI=1S/C14H19N3O3.ClH/c1-15-12-6-8-16(9-7-12)14(18)10-11-2-4-13(5-3-11)17(19)20;/h2-5,12,15H,6-10H2,1H3;1H. The molecule has 0 aliphatic carbocycles. The van der Waals surface area contributed by atoms with Gasteiger partial charge in [-0.2, -0.15) is 0 Å². The van der Waals surface area contributed by atoms with Crippen LogP contribution in [-0.4, -0.2) is 41.9 Å². The first-order valence-corrected chi connectivity index (χ1v) is 6.78. The number of nitrogens with zero attached hydrogens (tertiary/aromatic N) is 2. The number of hydrogen-bond donors (Lipinski definition) is 1. The lowest BCUT2D eigenvalue weighted by atomic mass is 10.0. The highest BCUT2D eigenvalue weighted by molar-refractivity contribution is 5.85. The number of nitro groups is 1. The molecule has 0 saturated carbocycles. The minimum atomic E-state index is -0.436. The Bertz CT molecular complexity index is 485. The maximum Gasteiger partial charge on any atom is 0.269 e. The lowest BCUT2D eigenvalue weighted by Crippen LogP contribution is -2.44. The zero-order valence-electron chi connectivity index (χ0n) is 11.9. The first kappa shape index (κ1) is 17.4. The summed E-state index contributed by atoms with van der Waals surface area (Å²) in [5.74, 6) is 0.0911. The third-order valence-corrected chi connectivity index (χ3v) is 3.76. The van der Waals surface area contributed by atoms with Crippen molar-refractivity contribution in [3.8, 4) is 0 Å². The number of rotatable bonds is 4. The average molecular weight is 314 g/mol. The van der Waals surface area contributed by atoms with Gasteiger partial charge in [0, 0.05) is 31.3 Å². The van der Waals surface area contributed by atoms with Crippen molar-refractivity contribution in [2.75, 3.05) is 20.1 Å². The number of carbonyl (C=O) groups excluding carboxylic acids is 1. The van der Waals surface area contributed by atoms with Crippen molar-refractivity contribution in [3.63, 3.8) is 0 Å². The third-order valence-electron chi connectivity index (χ3n) is 3.76. The Labute approximate surface area is 130 Å². The van der Waals surface area contributed by atoms with Crippen LogP contribution in [0.3, 0.4) is 0 Å². The topological polar surface area (TPSA) is 75.5 Å². The van der Waals surface area contributed by atoms with Crippen LogP contribution < -0.4 is 5.32 Å². The van der Waals surface area contributed by atoms with E-state index in [9.17, 15) is 14.9 Å². The van der Waals surface area contributed by atoms with Gasteiger partial charge in [-0.1, -0.05) is 12.1 Å². The van der Waals surface area contributed by atoms with Gasteiger partial charge in [-0.3, -0.25) is 14.9 Å². The second-order valence-corrected chi connectivity index (χ2v) is 5.04. The number of benzene rings is 1. The van der Waals surface area contributed by atoms with Gasteiger partial charge in [0.2, 0.25) is 5.91 Å². The fourth-order valence-corrected chi connectivity index (χ4v) is 2.44. The predicted molar refractivity (Wildman–Crippen MR) is 82.7 cm³/mol. The van der Waals surface area contributed by atoms with Gasteiger partial charge in [0.25, 0.3) is 5.69 Å². The number of non-ortho nitro benzene ring substituents is 1. The third kappa shape index (κ3) is 4.68. The molecule has 6 nitrogen and oxygen atoms in total. The maximum atomic E-state index is 12.2. The number of piperidine rings is 1. The van der Waals surface area contributed by atoms with Crippen LogP contribution in [-0.2, 0) is 11.2 Å². The van der Waals surface area contributed by atoms with Gasteiger partial charge in [-0.15, -0.1) is 12.4 Å². The molecule has 0 spiro atoms. The van der Waals surface area contributed by atoms with Crippen molar-refractivity contribution in [3.05, 3.63) is 39.9 Å². The van der Waals surface area contributed by atoms with E-state index in [-0.39, 0.29) is 24.0 Å². The smallest absolute Gasteiger partial charge is 0.269 e. The molecule has 1 aromatic rings. The summed E-state index contributed by atoms with van der Waals surface area (Å²) >= 11 is 0. The first-order chi connectivity index (χ1) is 9.60. The molecule has 1 fully saturated rings. The molecule has 116 valence electrons. The molecule has 0 bridgehead atoms. The summed E-state index contributed by atoms with van der Waals surface area (Å²) < 4.78 is 0. The molecule has 0 radical (unpaired) electrons. The summed E-state index contributed by atoms with van der Waals surface area (Å²) in [6.07, 6.45) is 2.26. The summed E-state index contributed by atoms with van der Waals surface area (Å²) in [5.41, 5.74) is 0.868. The highest BCUT2D eigenvalue weighted by atomic mass is 35.5. The van der Waals surface area contributed by atoms with E-state index in [4.69, 9.17) is 0 Å². The zero-order chi connectivity index (χ0) is 14.5. The Morgan fingerprint density at radius 2 is 1.90 bits per heavy atom. The molecular weight excluding hydrogens is 294 g/mol. The molecule has 0 unspecified atom stereocenters. The van der Waals surface area contributed by atoms with Crippen LogP contribution in [0.1, 0.15) is 18.4 Å². The van der Waals surface area contributed by atoms with Gasteiger partial charge < -0.3 is 10.2 Å². The van der Waals surface area contributed by atoms with E-state index in [1.54, 1.807) is 12.1 Å². The minimum Gasteiger partial charge on any atom is -0.342 e. The maximum absolute atomic E-state index is 12.2. The van der Waals surface area contributed by atoms with Gasteiger partial charge in [-0.05, 0) is 25.5 Å². The summed E-state index contributed by atoms with van der Waals surface area (Å²) in [5, 5.41) is 13.8. The molecule has 7 heteroatoms. The van der Waals surface area contributed by atoms with E-state index in [0.717, 1.165) is 31.5 Å². The molecule has 2 rings (SSSR count). The van der Waals surface area contributed by atoms with Crippen LogP contribution in [0.4, 0.5) is 5.69 Å². The van der Waals surface area contributed by atoms with Crippen LogP contribution in [0.5, 0.6) is 0 Å². The van der Waals surface area contributed by atoms with Crippen LogP contribution in [0.2, 0.25) is 0 Å². The molecular formula is C14H20ClN3O3. The molecule has 1 aromatic carbocycles. The summed E-state index contributed by atoms with van der Waals surface area (Å²) in [6, 6.07) is 6.68. The Balaban J connectivity index is 0.00000220. The average Bonchev–Trinajstić information content (AvgIpc) is 2.48. The highest BCUT2D eigenvalue weighted by Gasteiger charge is 2.21. The van der Waals surface area contributed by atoms with E-state index >= 15 is 0 Å². The van der Waals surface area contributed by atoms with Crippen molar-refractivity contribution in [1.29, 1.82) is 0 Å². The minimum absolute atomic E-state index is 0. The number of halogens is 1. The number of nitrogens with one attached hydrogen (secondary N) is 1. The second-order valence-electron chi connectivity index (χ2n) is 5.04. The Kier molecular flexibility index (Phi) is 6.58. The number of likely N-dealkylation sites (tertiary alicyclic amines) is 1. The van der Waals surface area contributed by atoms with Crippen molar-refractivity contribution >= 4 is 24.0 Å². The number of hydrogen-bond acceptors (Lipinski definition) is 4. The van der Waals surface area contributed by atoms with Crippen molar-refractivity contribution in [1.82, 2.24) is 10.2 Å². The molecule has 1 aliphatic rings. The normalized spacial score (nSPS) is 15.4. The van der Waals surface area contributed by atoms with Gasteiger partial charge in [0.1, 0.15) is 0 Å². The van der Waals surface area contributed by atoms with E-state index < -0.39 is 4.92 Å². The summed E-state index contributed by atoms with van der Waals surface area (Å²) in [6.45, 7) is 1.55. The first-order valence-electron chi connectivity index (χ1n) is 6.78. The van der Waals surface area contributed by atoms with Crippen LogP contribution in [0.25, 0.3) is 0 Å². The van der Waals surface area contributed by atoms with Gasteiger partial charge >= 0.3 is 0 Å².